The third-order valence-electron chi connectivity index (χ3n) is 10.2. The van der Waals surface area contributed by atoms with Crippen molar-refractivity contribution in [2.45, 2.75) is 172 Å². The second-order valence-corrected chi connectivity index (χ2v) is 19.1. The van der Waals surface area contributed by atoms with Crippen LogP contribution < -0.4 is 0 Å². The van der Waals surface area contributed by atoms with Crippen LogP contribution in [0.5, 0.6) is 0 Å². The Kier molecular flexibility index (Phi) is 36.6. The smallest absolute Gasteiger partial charge is 0.462 e. The van der Waals surface area contributed by atoms with Crippen LogP contribution in [0.3, 0.4) is 0 Å². The number of carbonyl (C=O) groups excluding carboxylic acids is 2. The van der Waals surface area contributed by atoms with Gasteiger partial charge in [0.25, 0.3) is 0 Å². The van der Waals surface area contributed by atoms with Gasteiger partial charge in [-0.1, -0.05) is 148 Å². The summed E-state index contributed by atoms with van der Waals surface area (Å²) in [5.74, 6) is -1.45. The van der Waals surface area contributed by atoms with Crippen LogP contribution >= 0.6 is 15.6 Å². The summed E-state index contributed by atoms with van der Waals surface area (Å²) < 4.78 is 49.2. The molecule has 0 aliphatic heterocycles. The minimum atomic E-state index is -5.40. The number of aliphatic hydroxyl groups excluding tert-OH is 6. The SMILES string of the molecule is CC/C=C\C[C@H](O)/C=C/C=C\C=C\[C@H](O)C/C=C\C/C=C\CCC(=O)O[C@H](COC(=O)CCC/C=C\C/C=C\C/C=C\C/C=C\CCCCC)COP(=O)(O)O[C@H]1C(O)C(O)C(O)[C@@H](OP(=O)(O)O)C1O. The molecule has 0 spiro atoms. The van der Waals surface area contributed by atoms with Crippen molar-refractivity contribution in [3.63, 3.8) is 0 Å². The summed E-state index contributed by atoms with van der Waals surface area (Å²) in [6.45, 7) is 2.68. The zero-order valence-corrected chi connectivity index (χ0v) is 42.9. The fourth-order valence-corrected chi connectivity index (χ4v) is 7.93. The van der Waals surface area contributed by atoms with Gasteiger partial charge >= 0.3 is 27.6 Å². The lowest BCUT2D eigenvalue weighted by Crippen LogP contribution is -2.64. The van der Waals surface area contributed by atoms with Crippen LogP contribution in [0.25, 0.3) is 0 Å². The molecule has 0 radical (unpaired) electrons. The number of aliphatic hydroxyl groups is 6. The van der Waals surface area contributed by atoms with Crippen LogP contribution in [0, 0.1) is 0 Å². The number of phosphoric acid groups is 2. The number of rotatable bonds is 38. The highest BCUT2D eigenvalue weighted by molar-refractivity contribution is 7.47. The van der Waals surface area contributed by atoms with E-state index in [1.54, 1.807) is 54.7 Å². The topological polar surface area (TPSA) is 296 Å². The van der Waals surface area contributed by atoms with Crippen LogP contribution in [0.15, 0.2) is 122 Å². The third-order valence-corrected chi connectivity index (χ3v) is 11.7. The van der Waals surface area contributed by atoms with Crippen LogP contribution in [-0.4, -0.2) is 125 Å². The molecule has 0 bridgehead atoms. The summed E-state index contributed by atoms with van der Waals surface area (Å²) >= 11 is 0. The first-order chi connectivity index (χ1) is 33.9. The number of phosphoric ester groups is 2. The molecule has 1 aliphatic carbocycles. The average molecular weight is 1040 g/mol. The predicted octanol–water partition coefficient (Wildman–Crippen LogP) is 7.44. The molecule has 402 valence electrons. The molecule has 1 rings (SSSR count). The van der Waals surface area contributed by atoms with Gasteiger partial charge in [0.05, 0.1) is 18.8 Å². The van der Waals surface area contributed by atoms with Crippen molar-refractivity contribution < 1.29 is 87.1 Å². The van der Waals surface area contributed by atoms with E-state index in [9.17, 15) is 64.0 Å². The number of carbonyl (C=O) groups is 2. The standard InChI is InChI=1S/C51H80O18P2/c1-3-5-7-8-9-10-11-12-13-14-15-16-17-18-19-23-31-37-44(54)65-39-43(40-66-71(63,64)69-51-48(58)46(56)47(57)50(49(51)59)68-70(60,61)62)67-45(55)38-32-24-21-20-22-28-34-42(53)36-30-26-25-29-35-41(52)33-27-6-4-2/h6,9-10,12-13,15-16,18-19,21-22,24-30,35-36,41-43,46-53,56-59H,3-5,7-8,11,14,17,20,23,31-34,37-40H2,1-2H3,(H,63,64)(H2,60,61,62)/b10-9-,13-12-,16-15-,19-18-,24-21-,26-25-,27-6-,28-22-,35-29+,36-30+/t41-,42+,43+,46?,47?,48?,49?,50+,51-/m0/s1. The largest absolute Gasteiger partial charge is 0.472 e. The second-order valence-electron chi connectivity index (χ2n) is 16.5. The lowest BCUT2D eigenvalue weighted by Gasteiger charge is -2.43. The van der Waals surface area contributed by atoms with E-state index in [0.29, 0.717) is 32.1 Å². The minimum absolute atomic E-state index is 0.00105. The van der Waals surface area contributed by atoms with E-state index in [1.807, 2.05) is 43.4 Å². The summed E-state index contributed by atoms with van der Waals surface area (Å²) in [7, 11) is -10.8. The van der Waals surface area contributed by atoms with Crippen molar-refractivity contribution in [2.24, 2.45) is 0 Å². The molecule has 0 aromatic carbocycles. The molecule has 1 saturated carbocycles. The van der Waals surface area contributed by atoms with Gasteiger partial charge in [-0.05, 0) is 77.0 Å². The van der Waals surface area contributed by atoms with E-state index in [0.717, 1.165) is 32.1 Å². The molecule has 20 heteroatoms. The minimum Gasteiger partial charge on any atom is -0.462 e. The lowest BCUT2D eigenvalue weighted by molar-refractivity contribution is -0.216. The Balaban J connectivity index is 2.73. The number of ether oxygens (including phenoxy) is 2. The molecular weight excluding hydrogens is 962 g/mol. The molecule has 18 nitrogen and oxygen atoms in total. The summed E-state index contributed by atoms with van der Waals surface area (Å²) in [4.78, 5) is 54.3. The summed E-state index contributed by atoms with van der Waals surface area (Å²) in [5, 5.41) is 61.3. The molecule has 0 amide bonds. The number of allylic oxidation sites excluding steroid dienone is 16. The first kappa shape index (κ1) is 65.3. The normalized spacial score (nSPS) is 22.8. The fourth-order valence-electron chi connectivity index (χ4n) is 6.39. The quantitative estimate of drug-likeness (QED) is 0.00954. The van der Waals surface area contributed by atoms with Crippen molar-refractivity contribution in [3.05, 3.63) is 122 Å². The van der Waals surface area contributed by atoms with Crippen molar-refractivity contribution in [1.29, 1.82) is 0 Å². The molecule has 10 atom stereocenters. The Bertz CT molecular complexity index is 1860. The molecule has 0 heterocycles. The molecule has 1 fully saturated rings. The van der Waals surface area contributed by atoms with E-state index >= 15 is 0 Å². The van der Waals surface area contributed by atoms with Crippen molar-refractivity contribution in [2.75, 3.05) is 13.2 Å². The highest BCUT2D eigenvalue weighted by atomic mass is 31.2. The van der Waals surface area contributed by atoms with E-state index in [-0.39, 0.29) is 19.3 Å². The van der Waals surface area contributed by atoms with Gasteiger partial charge in [0, 0.05) is 12.8 Å². The lowest BCUT2D eigenvalue weighted by atomic mass is 9.85. The monoisotopic (exact) mass is 1040 g/mol. The number of hydrogen-bond donors (Lipinski definition) is 9. The molecular formula is C51H80O18P2. The molecule has 1 aliphatic rings. The van der Waals surface area contributed by atoms with E-state index < -0.39 is 95.7 Å². The van der Waals surface area contributed by atoms with Gasteiger partial charge in [-0.15, -0.1) is 0 Å². The third kappa shape index (κ3) is 34.4. The Morgan fingerprint density at radius 3 is 1.56 bits per heavy atom. The van der Waals surface area contributed by atoms with E-state index in [2.05, 4.69) is 41.8 Å². The molecule has 0 aromatic rings. The Hall–Kier alpha value is -3.68. The second kappa shape index (κ2) is 39.8. The molecule has 0 aromatic heterocycles. The maximum atomic E-state index is 13.0. The maximum Gasteiger partial charge on any atom is 0.472 e. The first-order valence-corrected chi connectivity index (χ1v) is 27.3. The zero-order valence-electron chi connectivity index (χ0n) is 41.1. The van der Waals surface area contributed by atoms with Gasteiger partial charge in [-0.25, -0.2) is 9.13 Å². The van der Waals surface area contributed by atoms with Crippen molar-refractivity contribution in [1.82, 2.24) is 0 Å². The van der Waals surface area contributed by atoms with Crippen LogP contribution in [0.4, 0.5) is 0 Å². The highest BCUT2D eigenvalue weighted by Crippen LogP contribution is 2.49. The highest BCUT2D eigenvalue weighted by Gasteiger charge is 2.54. The Morgan fingerprint density at radius 2 is 1.03 bits per heavy atom. The van der Waals surface area contributed by atoms with E-state index in [4.69, 9.17) is 18.5 Å². The van der Waals surface area contributed by atoms with Crippen LogP contribution in [0.2, 0.25) is 0 Å². The Labute approximate surface area is 419 Å². The number of hydrogen-bond acceptors (Lipinski definition) is 15. The molecule has 9 N–H and O–H groups in total. The predicted molar refractivity (Wildman–Crippen MR) is 271 cm³/mol. The van der Waals surface area contributed by atoms with Gasteiger partial charge in [0.2, 0.25) is 0 Å². The summed E-state index contributed by atoms with van der Waals surface area (Å²) in [5.41, 5.74) is 0. The fraction of sp³-hybridized carbons (Fsp3) is 0.569. The van der Waals surface area contributed by atoms with Gasteiger partial charge < -0.3 is 54.8 Å². The average Bonchev–Trinajstić information content (AvgIpc) is 3.32. The summed E-state index contributed by atoms with van der Waals surface area (Å²) in [6, 6.07) is 0. The van der Waals surface area contributed by atoms with Crippen molar-refractivity contribution in [3.8, 4) is 0 Å². The van der Waals surface area contributed by atoms with Crippen molar-refractivity contribution >= 4 is 27.6 Å². The van der Waals surface area contributed by atoms with E-state index in [1.165, 1.54) is 19.3 Å². The number of esters is 2. The van der Waals surface area contributed by atoms with Gasteiger partial charge in [-0.3, -0.25) is 23.2 Å². The van der Waals surface area contributed by atoms with Gasteiger partial charge in [0.15, 0.2) is 6.10 Å². The van der Waals surface area contributed by atoms with Crippen LogP contribution in [0.1, 0.15) is 117 Å². The van der Waals surface area contributed by atoms with Crippen LogP contribution in [-0.2, 0) is 41.8 Å². The van der Waals surface area contributed by atoms with Gasteiger partial charge in [-0.2, -0.15) is 0 Å². The number of unbranched alkanes of at least 4 members (excludes halogenated alkanes) is 4. The molecule has 71 heavy (non-hydrogen) atoms. The molecule has 5 unspecified atom stereocenters. The Morgan fingerprint density at radius 1 is 0.535 bits per heavy atom. The maximum absolute atomic E-state index is 13.0. The first-order valence-electron chi connectivity index (χ1n) is 24.3. The zero-order chi connectivity index (χ0) is 52.8. The summed E-state index contributed by atoms with van der Waals surface area (Å²) in [6.07, 6.45) is 32.2. The van der Waals surface area contributed by atoms with Gasteiger partial charge in [0.1, 0.15) is 43.2 Å². The molecule has 0 saturated heterocycles.